The molecule has 1 N–H and O–H groups in total. The average Bonchev–Trinajstić information content (AvgIpc) is 2.87. The predicted molar refractivity (Wildman–Crippen MR) is 91.7 cm³/mol. The Morgan fingerprint density at radius 1 is 1.23 bits per heavy atom. The summed E-state index contributed by atoms with van der Waals surface area (Å²) in [5.41, 5.74) is -0.211. The number of nitro groups is 1. The number of benzene rings is 1. The number of nitrogens with one attached hydrogen (secondary N) is 1. The Labute approximate surface area is 150 Å². The molecule has 1 aromatic rings. The highest BCUT2D eigenvalue weighted by Gasteiger charge is 2.38. The Bertz CT molecular complexity index is 770. The van der Waals surface area contributed by atoms with E-state index in [4.69, 9.17) is 0 Å². The third kappa shape index (κ3) is 3.43. The fourth-order valence-electron chi connectivity index (χ4n) is 3.35. The number of carbonyl (C=O) groups is 3. The standard InChI is InChI=1S/C17H20N4O5/c1-2-19-7-5-11(6-8-19)18-15(22)10-20-16(23)13-4-3-12(21(25)26)9-14(13)17(20)24/h3-4,9,11H,2,5-8,10H2,1H3,(H,18,22). The molecule has 0 unspecified atom stereocenters. The van der Waals surface area contributed by atoms with Gasteiger partial charge in [0.15, 0.2) is 0 Å². The molecular weight excluding hydrogens is 340 g/mol. The molecule has 3 rings (SSSR count). The van der Waals surface area contributed by atoms with E-state index in [1.165, 1.54) is 12.1 Å². The number of hydrogen-bond acceptors (Lipinski definition) is 6. The summed E-state index contributed by atoms with van der Waals surface area (Å²) in [6.07, 6.45) is 1.65. The van der Waals surface area contributed by atoms with E-state index in [1.807, 2.05) is 0 Å². The molecule has 0 spiro atoms. The fraction of sp³-hybridized carbons (Fsp3) is 0.471. The molecular formula is C17H20N4O5. The monoisotopic (exact) mass is 360 g/mol. The van der Waals surface area contributed by atoms with Gasteiger partial charge in [-0.3, -0.25) is 29.4 Å². The van der Waals surface area contributed by atoms with Gasteiger partial charge in [-0.05, 0) is 25.5 Å². The van der Waals surface area contributed by atoms with Crippen LogP contribution in [0.2, 0.25) is 0 Å². The highest BCUT2D eigenvalue weighted by molar-refractivity contribution is 6.22. The topological polar surface area (TPSA) is 113 Å². The van der Waals surface area contributed by atoms with Gasteiger partial charge in [-0.25, -0.2) is 0 Å². The lowest BCUT2D eigenvalue weighted by molar-refractivity contribution is -0.384. The van der Waals surface area contributed by atoms with Crippen molar-refractivity contribution in [3.63, 3.8) is 0 Å². The highest BCUT2D eigenvalue weighted by atomic mass is 16.6. The predicted octanol–water partition coefficient (Wildman–Crippen LogP) is 0.791. The second-order valence-electron chi connectivity index (χ2n) is 6.46. The van der Waals surface area contributed by atoms with Crippen molar-refractivity contribution in [3.05, 3.63) is 39.4 Å². The number of fused-ring (bicyclic) bond motifs is 1. The Balaban J connectivity index is 1.63. The molecule has 9 heteroatoms. The fourth-order valence-corrected chi connectivity index (χ4v) is 3.35. The van der Waals surface area contributed by atoms with Crippen LogP contribution in [0.3, 0.4) is 0 Å². The molecule has 26 heavy (non-hydrogen) atoms. The second kappa shape index (κ2) is 7.20. The van der Waals surface area contributed by atoms with Gasteiger partial charge < -0.3 is 10.2 Å². The number of imide groups is 1. The van der Waals surface area contributed by atoms with Crippen LogP contribution in [-0.2, 0) is 4.79 Å². The van der Waals surface area contributed by atoms with Crippen molar-refractivity contribution in [1.82, 2.24) is 15.1 Å². The highest BCUT2D eigenvalue weighted by Crippen LogP contribution is 2.26. The third-order valence-electron chi connectivity index (χ3n) is 4.87. The lowest BCUT2D eigenvalue weighted by atomic mass is 10.1. The normalized spacial score (nSPS) is 18.1. The Morgan fingerprint density at radius 2 is 1.88 bits per heavy atom. The van der Waals surface area contributed by atoms with Gasteiger partial charge in [0, 0.05) is 31.3 Å². The maximum absolute atomic E-state index is 12.4. The summed E-state index contributed by atoms with van der Waals surface area (Å²) in [4.78, 5) is 50.3. The molecule has 0 radical (unpaired) electrons. The first-order valence-corrected chi connectivity index (χ1v) is 8.57. The first-order valence-electron chi connectivity index (χ1n) is 8.57. The zero-order valence-electron chi connectivity index (χ0n) is 14.4. The van der Waals surface area contributed by atoms with Crippen LogP contribution in [0.5, 0.6) is 0 Å². The Morgan fingerprint density at radius 3 is 2.50 bits per heavy atom. The molecule has 0 aromatic heterocycles. The number of rotatable bonds is 5. The summed E-state index contributed by atoms with van der Waals surface area (Å²) in [5, 5.41) is 13.7. The molecule has 2 aliphatic rings. The minimum atomic E-state index is -0.676. The summed E-state index contributed by atoms with van der Waals surface area (Å²) in [7, 11) is 0. The number of carbonyl (C=O) groups excluding carboxylic acids is 3. The number of nitro benzene ring substituents is 1. The SMILES string of the molecule is CCN1CCC(NC(=O)CN2C(=O)c3ccc([N+](=O)[O-])cc3C2=O)CC1. The van der Waals surface area contributed by atoms with Crippen LogP contribution in [-0.4, -0.2) is 64.7 Å². The molecule has 0 saturated carbocycles. The maximum atomic E-state index is 12.4. The van der Waals surface area contributed by atoms with Crippen LogP contribution >= 0.6 is 0 Å². The molecule has 3 amide bonds. The summed E-state index contributed by atoms with van der Waals surface area (Å²) in [6.45, 7) is 4.48. The van der Waals surface area contributed by atoms with E-state index in [2.05, 4.69) is 17.1 Å². The van der Waals surface area contributed by atoms with Gasteiger partial charge in [-0.15, -0.1) is 0 Å². The largest absolute Gasteiger partial charge is 0.352 e. The van der Waals surface area contributed by atoms with Crippen LogP contribution in [0.15, 0.2) is 18.2 Å². The lowest BCUT2D eigenvalue weighted by Crippen LogP contribution is -2.48. The molecule has 1 fully saturated rings. The van der Waals surface area contributed by atoms with Gasteiger partial charge in [-0.1, -0.05) is 6.92 Å². The summed E-state index contributed by atoms with van der Waals surface area (Å²) in [5.74, 6) is -1.68. The van der Waals surface area contributed by atoms with Crippen molar-refractivity contribution in [2.45, 2.75) is 25.8 Å². The maximum Gasteiger partial charge on any atom is 0.270 e. The average molecular weight is 360 g/mol. The number of amides is 3. The van der Waals surface area contributed by atoms with Crippen LogP contribution in [0.1, 0.15) is 40.5 Å². The molecule has 0 bridgehead atoms. The molecule has 0 aliphatic carbocycles. The van der Waals surface area contributed by atoms with Gasteiger partial charge >= 0.3 is 0 Å². The van der Waals surface area contributed by atoms with E-state index in [9.17, 15) is 24.5 Å². The van der Waals surface area contributed by atoms with Gasteiger partial charge in [0.1, 0.15) is 6.54 Å². The molecule has 9 nitrogen and oxygen atoms in total. The molecule has 138 valence electrons. The number of non-ortho nitro benzene ring substituents is 1. The molecule has 0 atom stereocenters. The van der Waals surface area contributed by atoms with E-state index in [0.29, 0.717) is 0 Å². The van der Waals surface area contributed by atoms with Crippen molar-refractivity contribution >= 4 is 23.4 Å². The first-order chi connectivity index (χ1) is 12.4. The van der Waals surface area contributed by atoms with E-state index < -0.39 is 22.6 Å². The first kappa shape index (κ1) is 18.0. The number of hydrogen-bond donors (Lipinski definition) is 1. The van der Waals surface area contributed by atoms with Crippen LogP contribution in [0.25, 0.3) is 0 Å². The van der Waals surface area contributed by atoms with Crippen molar-refractivity contribution < 1.29 is 19.3 Å². The Kier molecular flexibility index (Phi) is 4.99. The quantitative estimate of drug-likeness (QED) is 0.472. The number of piperidine rings is 1. The second-order valence-corrected chi connectivity index (χ2v) is 6.46. The van der Waals surface area contributed by atoms with E-state index >= 15 is 0 Å². The molecule has 1 aromatic carbocycles. The summed E-state index contributed by atoms with van der Waals surface area (Å²) < 4.78 is 0. The third-order valence-corrected chi connectivity index (χ3v) is 4.87. The molecule has 1 saturated heterocycles. The van der Waals surface area contributed by atoms with Gasteiger partial charge in [0.2, 0.25) is 5.91 Å². The van der Waals surface area contributed by atoms with Crippen molar-refractivity contribution in [2.75, 3.05) is 26.2 Å². The van der Waals surface area contributed by atoms with E-state index in [1.54, 1.807) is 0 Å². The minimum Gasteiger partial charge on any atom is -0.352 e. The van der Waals surface area contributed by atoms with Crippen LogP contribution in [0, 0.1) is 10.1 Å². The zero-order chi connectivity index (χ0) is 18.8. The van der Waals surface area contributed by atoms with Crippen molar-refractivity contribution in [3.8, 4) is 0 Å². The van der Waals surface area contributed by atoms with E-state index in [0.717, 1.165) is 43.4 Å². The van der Waals surface area contributed by atoms with Gasteiger partial charge in [0.25, 0.3) is 17.5 Å². The van der Waals surface area contributed by atoms with Crippen molar-refractivity contribution in [1.29, 1.82) is 0 Å². The van der Waals surface area contributed by atoms with Crippen LogP contribution in [0.4, 0.5) is 5.69 Å². The van der Waals surface area contributed by atoms with Gasteiger partial charge in [0.05, 0.1) is 16.1 Å². The lowest BCUT2D eigenvalue weighted by Gasteiger charge is -2.31. The minimum absolute atomic E-state index is 0.0292. The van der Waals surface area contributed by atoms with Crippen molar-refractivity contribution in [2.24, 2.45) is 0 Å². The molecule has 2 aliphatic heterocycles. The summed E-state index contributed by atoms with van der Waals surface area (Å²) >= 11 is 0. The van der Waals surface area contributed by atoms with Gasteiger partial charge in [-0.2, -0.15) is 0 Å². The van der Waals surface area contributed by atoms with E-state index in [-0.39, 0.29) is 29.4 Å². The zero-order valence-corrected chi connectivity index (χ0v) is 14.4. The smallest absolute Gasteiger partial charge is 0.270 e. The van der Waals surface area contributed by atoms with Crippen LogP contribution < -0.4 is 5.32 Å². The summed E-state index contributed by atoms with van der Waals surface area (Å²) in [6, 6.07) is 3.54. The number of nitrogens with zero attached hydrogens (tertiary/aromatic N) is 3. The molecule has 2 heterocycles. The number of likely N-dealkylation sites (tertiary alicyclic amines) is 1. The Hall–Kier alpha value is -2.81.